The van der Waals surface area contributed by atoms with Gasteiger partial charge in [0.2, 0.25) is 5.91 Å². The molecule has 3 fully saturated rings. The van der Waals surface area contributed by atoms with E-state index in [1.165, 1.54) is 6.08 Å². The van der Waals surface area contributed by atoms with Crippen LogP contribution in [-0.2, 0) is 19.1 Å². The molecule has 2 aromatic rings. The van der Waals surface area contributed by atoms with Crippen molar-refractivity contribution in [3.05, 3.63) is 72.0 Å². The Bertz CT molecular complexity index is 1500. The number of ketones is 2. The molecule has 0 bridgehead atoms. The standard InChI is InChI=1S/C34H40N2O5/c1-6-23-28-29(20(4)22-17-35-25-13-8-7-11-21(22)25)36-32(40)34(28)24(31-33(23,5)41-31)12-9-10-18(2)16-19(3)30(39)26(37)14-15-27(34)38/h7-9,11-18,20,23-24,28-31,35,39H,6,10H2,1-5H3,(H,36,40)/b12-9+,15-14+,19-16+/t18-,20+,23-,24-,28-,29?,30+,31-,33+,34+/m0/s1. The van der Waals surface area contributed by atoms with Crippen LogP contribution in [0.1, 0.15) is 58.9 Å². The Morgan fingerprint density at radius 1 is 1.17 bits per heavy atom. The van der Waals surface area contributed by atoms with Crippen LogP contribution in [0.3, 0.4) is 0 Å². The van der Waals surface area contributed by atoms with Crippen LogP contribution in [0.15, 0.2) is 66.4 Å². The van der Waals surface area contributed by atoms with Crippen molar-refractivity contribution in [1.82, 2.24) is 10.3 Å². The number of carbonyl (C=O) groups excluding carboxylic acids is 3. The molecule has 1 saturated carbocycles. The van der Waals surface area contributed by atoms with Gasteiger partial charge in [0.05, 0.1) is 11.7 Å². The molecule has 216 valence electrons. The van der Waals surface area contributed by atoms with Gasteiger partial charge in [0.15, 0.2) is 11.6 Å². The number of benzene rings is 1. The number of H-pyrrole nitrogens is 1. The van der Waals surface area contributed by atoms with Crippen molar-refractivity contribution < 1.29 is 24.2 Å². The maximum absolute atomic E-state index is 14.5. The Morgan fingerprint density at radius 2 is 1.93 bits per heavy atom. The lowest BCUT2D eigenvalue weighted by molar-refractivity contribution is -0.145. The van der Waals surface area contributed by atoms with Crippen LogP contribution in [-0.4, -0.2) is 51.4 Å². The van der Waals surface area contributed by atoms with Crippen LogP contribution < -0.4 is 5.32 Å². The Balaban J connectivity index is 1.51. The molecule has 2 saturated heterocycles. The van der Waals surface area contributed by atoms with E-state index in [9.17, 15) is 19.5 Å². The smallest absolute Gasteiger partial charge is 0.235 e. The number of aliphatic hydroxyl groups is 1. The number of amides is 1. The van der Waals surface area contributed by atoms with E-state index in [-0.39, 0.29) is 41.7 Å². The maximum Gasteiger partial charge on any atom is 0.235 e. The van der Waals surface area contributed by atoms with Gasteiger partial charge < -0.3 is 20.1 Å². The van der Waals surface area contributed by atoms with E-state index in [4.69, 9.17) is 4.74 Å². The van der Waals surface area contributed by atoms with E-state index in [0.29, 0.717) is 12.0 Å². The third-order valence-electron chi connectivity index (χ3n) is 10.5. The van der Waals surface area contributed by atoms with Gasteiger partial charge in [-0.05, 0) is 61.5 Å². The number of ether oxygens (including phenoxy) is 1. The molecule has 3 heterocycles. The third-order valence-corrected chi connectivity index (χ3v) is 10.5. The van der Waals surface area contributed by atoms with E-state index >= 15 is 0 Å². The molecular weight excluding hydrogens is 516 g/mol. The van der Waals surface area contributed by atoms with Gasteiger partial charge in [-0.1, -0.05) is 63.6 Å². The summed E-state index contributed by atoms with van der Waals surface area (Å²) < 4.78 is 6.45. The summed E-state index contributed by atoms with van der Waals surface area (Å²) in [5.74, 6) is -2.17. The van der Waals surface area contributed by atoms with Crippen molar-refractivity contribution >= 4 is 28.4 Å². The van der Waals surface area contributed by atoms with Gasteiger partial charge in [-0.2, -0.15) is 0 Å². The average Bonchev–Trinajstić information content (AvgIpc) is 3.31. The van der Waals surface area contributed by atoms with Crippen molar-refractivity contribution in [2.75, 3.05) is 0 Å². The zero-order valence-corrected chi connectivity index (χ0v) is 24.4. The van der Waals surface area contributed by atoms with Crippen LogP contribution in [0.25, 0.3) is 10.9 Å². The molecule has 2 aliphatic carbocycles. The first-order chi connectivity index (χ1) is 19.5. The monoisotopic (exact) mass is 556 g/mol. The van der Waals surface area contributed by atoms with Gasteiger partial charge in [0.25, 0.3) is 0 Å². The largest absolute Gasteiger partial charge is 0.381 e. The molecule has 7 heteroatoms. The number of para-hydroxylation sites is 1. The van der Waals surface area contributed by atoms with E-state index in [0.717, 1.165) is 29.0 Å². The van der Waals surface area contributed by atoms with Gasteiger partial charge in [-0.25, -0.2) is 0 Å². The van der Waals surface area contributed by atoms with Gasteiger partial charge in [0, 0.05) is 40.9 Å². The first kappa shape index (κ1) is 27.9. The number of aromatic nitrogens is 1. The number of allylic oxidation sites excluding steroid dienone is 3. The lowest BCUT2D eigenvalue weighted by Gasteiger charge is -2.47. The van der Waals surface area contributed by atoms with Gasteiger partial charge in [-0.15, -0.1) is 0 Å². The number of epoxide rings is 1. The summed E-state index contributed by atoms with van der Waals surface area (Å²) in [5.41, 5.74) is 0.795. The molecule has 3 N–H and O–H groups in total. The van der Waals surface area contributed by atoms with Crippen LogP contribution >= 0.6 is 0 Å². The summed E-state index contributed by atoms with van der Waals surface area (Å²) >= 11 is 0. The van der Waals surface area contributed by atoms with Gasteiger partial charge in [-0.3, -0.25) is 14.4 Å². The molecule has 1 unspecified atom stereocenters. The summed E-state index contributed by atoms with van der Waals surface area (Å²) in [4.78, 5) is 45.2. The molecule has 1 spiro atoms. The van der Waals surface area contributed by atoms with Crippen LogP contribution in [0.5, 0.6) is 0 Å². The molecule has 1 amide bonds. The van der Waals surface area contributed by atoms with Crippen molar-refractivity contribution in [3.63, 3.8) is 0 Å². The van der Waals surface area contributed by atoms with Crippen molar-refractivity contribution in [2.45, 2.75) is 77.2 Å². The minimum Gasteiger partial charge on any atom is -0.381 e. The number of nitrogens with one attached hydrogen (secondary N) is 2. The first-order valence-corrected chi connectivity index (χ1v) is 14.9. The second-order valence-corrected chi connectivity index (χ2v) is 12.8. The number of aliphatic hydroxyl groups excluding tert-OH is 1. The number of aromatic amines is 1. The predicted molar refractivity (Wildman–Crippen MR) is 157 cm³/mol. The van der Waals surface area contributed by atoms with E-state index in [1.54, 1.807) is 6.92 Å². The lowest BCUT2D eigenvalue weighted by Crippen LogP contribution is -2.58. The molecule has 0 radical (unpaired) electrons. The summed E-state index contributed by atoms with van der Waals surface area (Å²) in [6, 6.07) is 7.79. The van der Waals surface area contributed by atoms with Crippen LogP contribution in [0.2, 0.25) is 0 Å². The number of rotatable bonds is 3. The zero-order valence-electron chi connectivity index (χ0n) is 24.4. The summed E-state index contributed by atoms with van der Waals surface area (Å²) in [7, 11) is 0. The highest BCUT2D eigenvalue weighted by atomic mass is 16.6. The van der Waals surface area contributed by atoms with E-state index in [2.05, 4.69) is 37.1 Å². The molecule has 2 aliphatic heterocycles. The molecule has 41 heavy (non-hydrogen) atoms. The minimum atomic E-state index is -1.43. The summed E-state index contributed by atoms with van der Waals surface area (Å²) in [6.45, 7) is 10.1. The van der Waals surface area contributed by atoms with Crippen LogP contribution in [0, 0.1) is 29.1 Å². The highest BCUT2D eigenvalue weighted by Crippen LogP contribution is 2.67. The number of carbonyl (C=O) groups is 3. The predicted octanol–water partition coefficient (Wildman–Crippen LogP) is 4.78. The van der Waals surface area contributed by atoms with E-state index < -0.39 is 34.6 Å². The molecule has 1 aromatic heterocycles. The topological polar surface area (TPSA) is 112 Å². The second-order valence-electron chi connectivity index (χ2n) is 12.8. The quantitative estimate of drug-likeness (QED) is 0.286. The second kappa shape index (κ2) is 9.92. The Kier molecular flexibility index (Phi) is 6.74. The fourth-order valence-electron chi connectivity index (χ4n) is 8.41. The fourth-order valence-corrected chi connectivity index (χ4v) is 8.41. The van der Waals surface area contributed by atoms with E-state index in [1.807, 2.05) is 49.5 Å². The molecule has 1 aromatic carbocycles. The number of hydrogen-bond acceptors (Lipinski definition) is 5. The average molecular weight is 557 g/mol. The molecule has 4 aliphatic rings. The minimum absolute atomic E-state index is 0.0501. The van der Waals surface area contributed by atoms with Crippen molar-refractivity contribution in [2.24, 2.45) is 29.1 Å². The van der Waals surface area contributed by atoms with Crippen LogP contribution in [0.4, 0.5) is 0 Å². The zero-order chi connectivity index (χ0) is 29.3. The summed E-state index contributed by atoms with van der Waals surface area (Å²) in [6.07, 6.45) is 10.2. The summed E-state index contributed by atoms with van der Waals surface area (Å²) in [5, 5.41) is 15.1. The molecule has 10 atom stereocenters. The first-order valence-electron chi connectivity index (χ1n) is 14.9. The van der Waals surface area contributed by atoms with Gasteiger partial charge in [0.1, 0.15) is 11.5 Å². The Morgan fingerprint density at radius 3 is 2.68 bits per heavy atom. The normalized spacial score (nSPS) is 42.3. The SMILES string of the molecule is CC[C@H]1[C@H]2C([C@H](C)c3c[nH]c4ccccc34)NC(=O)[C@]23C(=O)/C=C/C(=O)[C@H](O)/C(C)=C/[C@@H](C)C/C=C/[C@H]3[C@@H]2O[C@]12C. The Labute approximate surface area is 241 Å². The molecule has 7 nitrogen and oxygen atoms in total. The van der Waals surface area contributed by atoms with Crippen molar-refractivity contribution in [3.8, 4) is 0 Å². The Hall–Kier alpha value is -3.29. The highest BCUT2D eigenvalue weighted by molar-refractivity contribution is 6.15. The maximum atomic E-state index is 14.5. The molecular formula is C34H40N2O5. The number of hydrogen-bond donors (Lipinski definition) is 3. The number of fused-ring (bicyclic) bond motifs is 3. The molecule has 6 rings (SSSR count). The van der Waals surface area contributed by atoms with Gasteiger partial charge >= 0.3 is 0 Å². The lowest BCUT2D eigenvalue weighted by atomic mass is 9.50. The van der Waals surface area contributed by atoms with Crippen molar-refractivity contribution in [1.29, 1.82) is 0 Å². The third kappa shape index (κ3) is 4.03. The fraction of sp³-hybridized carbons (Fsp3) is 0.500. The highest BCUT2D eigenvalue weighted by Gasteiger charge is 2.79.